The van der Waals surface area contributed by atoms with Crippen molar-refractivity contribution >= 4 is 6.29 Å². The first-order valence-corrected chi connectivity index (χ1v) is 4.19. The van der Waals surface area contributed by atoms with E-state index in [2.05, 4.69) is 32.5 Å². The van der Waals surface area contributed by atoms with Gasteiger partial charge in [-0.3, -0.25) is 4.79 Å². The Morgan fingerprint density at radius 2 is 2.07 bits per heavy atom. The Morgan fingerprint density at radius 1 is 1.27 bits per heavy atom. The van der Waals surface area contributed by atoms with Gasteiger partial charge >= 0.3 is 0 Å². The quantitative estimate of drug-likeness (QED) is 0.532. The Kier molecular flexibility index (Phi) is 2.52. The van der Waals surface area contributed by atoms with Gasteiger partial charge < -0.3 is 0 Å². The summed E-state index contributed by atoms with van der Waals surface area (Å²) in [6.45, 7) is 0. The fraction of sp³-hybridized carbons (Fsp3) is 0. The molecule has 0 saturated heterocycles. The SMILES string of the molecule is O=CC#Cc1ccc(-c2nn[nH]n2)cc1. The van der Waals surface area contributed by atoms with E-state index < -0.39 is 0 Å². The van der Waals surface area contributed by atoms with Crippen LogP contribution in [0.5, 0.6) is 0 Å². The Labute approximate surface area is 85.5 Å². The molecule has 15 heavy (non-hydrogen) atoms. The Bertz CT molecular complexity index is 505. The Hall–Kier alpha value is -2.48. The second kappa shape index (κ2) is 4.15. The third-order valence-electron chi connectivity index (χ3n) is 1.76. The average molecular weight is 198 g/mol. The second-order valence-corrected chi connectivity index (χ2v) is 2.70. The van der Waals surface area contributed by atoms with Gasteiger partial charge in [0.25, 0.3) is 0 Å². The first-order chi connectivity index (χ1) is 7.40. The Balaban J connectivity index is 2.28. The standard InChI is InChI=1S/C10H6N4O/c15-7-1-2-8-3-5-9(6-4-8)10-11-13-14-12-10/h3-7H,(H,11,12,13,14). The van der Waals surface area contributed by atoms with Crippen LogP contribution in [-0.2, 0) is 4.79 Å². The van der Waals surface area contributed by atoms with Crippen molar-refractivity contribution in [2.45, 2.75) is 0 Å². The summed E-state index contributed by atoms with van der Waals surface area (Å²) in [5.74, 6) is 5.56. The van der Waals surface area contributed by atoms with Crippen molar-refractivity contribution in [3.05, 3.63) is 29.8 Å². The molecule has 1 aromatic carbocycles. The topological polar surface area (TPSA) is 71.5 Å². The monoisotopic (exact) mass is 198 g/mol. The van der Waals surface area contributed by atoms with Crippen LogP contribution >= 0.6 is 0 Å². The van der Waals surface area contributed by atoms with Gasteiger partial charge in [-0.1, -0.05) is 5.92 Å². The van der Waals surface area contributed by atoms with E-state index in [0.29, 0.717) is 12.1 Å². The number of rotatable bonds is 1. The van der Waals surface area contributed by atoms with Crippen molar-refractivity contribution in [2.24, 2.45) is 0 Å². The van der Waals surface area contributed by atoms with Crippen LogP contribution < -0.4 is 0 Å². The summed E-state index contributed by atoms with van der Waals surface area (Å²) in [7, 11) is 0. The van der Waals surface area contributed by atoms with Crippen LogP contribution in [0.2, 0.25) is 0 Å². The van der Waals surface area contributed by atoms with Gasteiger partial charge in [-0.15, -0.1) is 10.2 Å². The van der Waals surface area contributed by atoms with Gasteiger partial charge in [0.05, 0.1) is 0 Å². The first-order valence-electron chi connectivity index (χ1n) is 4.19. The number of nitrogens with one attached hydrogen (secondary N) is 1. The molecule has 0 saturated carbocycles. The highest BCUT2D eigenvalue weighted by atomic mass is 16.1. The predicted octanol–water partition coefficient (Wildman–Crippen LogP) is 0.417. The van der Waals surface area contributed by atoms with Crippen LogP contribution in [0.15, 0.2) is 24.3 Å². The second-order valence-electron chi connectivity index (χ2n) is 2.70. The Morgan fingerprint density at radius 3 is 2.67 bits per heavy atom. The third kappa shape index (κ3) is 2.06. The number of hydrogen-bond acceptors (Lipinski definition) is 4. The molecule has 0 spiro atoms. The fourth-order valence-electron chi connectivity index (χ4n) is 1.10. The van der Waals surface area contributed by atoms with Crippen LogP contribution in [0.1, 0.15) is 5.56 Å². The van der Waals surface area contributed by atoms with Crippen molar-refractivity contribution in [1.82, 2.24) is 20.6 Å². The van der Waals surface area contributed by atoms with E-state index in [-0.39, 0.29) is 0 Å². The first kappa shape index (κ1) is 9.09. The zero-order valence-corrected chi connectivity index (χ0v) is 7.64. The van der Waals surface area contributed by atoms with E-state index in [4.69, 9.17) is 0 Å². The number of carbonyl (C=O) groups excluding carboxylic acids is 1. The van der Waals surface area contributed by atoms with Crippen molar-refractivity contribution in [1.29, 1.82) is 0 Å². The van der Waals surface area contributed by atoms with Gasteiger partial charge in [0.2, 0.25) is 5.82 Å². The molecular formula is C10H6N4O. The summed E-state index contributed by atoms with van der Waals surface area (Å²) in [4.78, 5) is 10.0. The maximum atomic E-state index is 10.0. The maximum Gasteiger partial charge on any atom is 0.204 e. The van der Waals surface area contributed by atoms with Crippen molar-refractivity contribution in [2.75, 3.05) is 0 Å². The zero-order chi connectivity index (χ0) is 10.5. The molecule has 2 aromatic rings. The fourth-order valence-corrected chi connectivity index (χ4v) is 1.10. The summed E-state index contributed by atoms with van der Waals surface area (Å²) in [6.07, 6.45) is 0.563. The summed E-state index contributed by atoms with van der Waals surface area (Å²) >= 11 is 0. The highest BCUT2D eigenvalue weighted by Gasteiger charge is 2.00. The summed E-state index contributed by atoms with van der Waals surface area (Å²) < 4.78 is 0. The molecule has 1 aromatic heterocycles. The minimum absolute atomic E-state index is 0.532. The molecule has 0 aliphatic carbocycles. The molecule has 0 atom stereocenters. The van der Waals surface area contributed by atoms with Crippen LogP contribution in [0.4, 0.5) is 0 Å². The highest BCUT2D eigenvalue weighted by molar-refractivity contribution is 5.74. The van der Waals surface area contributed by atoms with E-state index in [9.17, 15) is 4.79 Å². The zero-order valence-electron chi connectivity index (χ0n) is 7.64. The molecule has 2 rings (SSSR count). The van der Waals surface area contributed by atoms with E-state index in [0.717, 1.165) is 11.1 Å². The smallest absolute Gasteiger partial charge is 0.204 e. The number of aromatic amines is 1. The molecule has 1 heterocycles. The number of hydrogen-bond donors (Lipinski definition) is 1. The normalized spacial score (nSPS) is 9.07. The number of aromatic nitrogens is 4. The lowest BCUT2D eigenvalue weighted by Crippen LogP contribution is -1.81. The predicted molar refractivity (Wildman–Crippen MR) is 52.6 cm³/mol. The van der Waals surface area contributed by atoms with E-state index in [1.165, 1.54) is 0 Å². The largest absolute Gasteiger partial charge is 0.289 e. The lowest BCUT2D eigenvalue weighted by atomic mass is 10.1. The number of nitrogens with zero attached hydrogens (tertiary/aromatic N) is 3. The molecule has 0 fully saturated rings. The lowest BCUT2D eigenvalue weighted by Gasteiger charge is -1.93. The van der Waals surface area contributed by atoms with Crippen molar-refractivity contribution in [3.63, 3.8) is 0 Å². The number of carbonyl (C=O) groups is 1. The number of benzene rings is 1. The van der Waals surface area contributed by atoms with Crippen molar-refractivity contribution in [3.8, 4) is 23.2 Å². The molecular weight excluding hydrogens is 192 g/mol. The van der Waals surface area contributed by atoms with Crippen LogP contribution in [0.3, 0.4) is 0 Å². The van der Waals surface area contributed by atoms with Gasteiger partial charge in [0, 0.05) is 11.1 Å². The molecule has 5 nitrogen and oxygen atoms in total. The minimum atomic E-state index is 0.532. The van der Waals surface area contributed by atoms with Gasteiger partial charge in [-0.05, 0) is 35.4 Å². The molecule has 0 amide bonds. The van der Waals surface area contributed by atoms with Crippen LogP contribution in [-0.4, -0.2) is 26.9 Å². The van der Waals surface area contributed by atoms with Crippen molar-refractivity contribution < 1.29 is 4.79 Å². The lowest BCUT2D eigenvalue weighted by molar-refractivity contribution is -0.103. The molecule has 0 bridgehead atoms. The van der Waals surface area contributed by atoms with Crippen LogP contribution in [0, 0.1) is 11.8 Å². The highest BCUT2D eigenvalue weighted by Crippen LogP contribution is 2.13. The van der Waals surface area contributed by atoms with E-state index >= 15 is 0 Å². The molecule has 72 valence electrons. The molecule has 1 N–H and O–H groups in total. The van der Waals surface area contributed by atoms with Gasteiger partial charge in [0.1, 0.15) is 0 Å². The maximum absolute atomic E-state index is 10.0. The average Bonchev–Trinajstić information content (AvgIpc) is 2.80. The molecule has 5 heteroatoms. The van der Waals surface area contributed by atoms with Gasteiger partial charge in [0.15, 0.2) is 6.29 Å². The van der Waals surface area contributed by atoms with E-state index in [1.807, 2.05) is 12.1 Å². The third-order valence-corrected chi connectivity index (χ3v) is 1.76. The molecule has 0 radical (unpaired) electrons. The summed E-state index contributed by atoms with van der Waals surface area (Å²) in [5, 5.41) is 13.5. The number of tetrazole rings is 1. The van der Waals surface area contributed by atoms with E-state index in [1.54, 1.807) is 12.1 Å². The molecule has 0 aliphatic heterocycles. The number of H-pyrrole nitrogens is 1. The molecule has 0 aliphatic rings. The minimum Gasteiger partial charge on any atom is -0.289 e. The van der Waals surface area contributed by atoms with Crippen LogP contribution in [0.25, 0.3) is 11.4 Å². The molecule has 0 unspecified atom stereocenters. The van der Waals surface area contributed by atoms with Gasteiger partial charge in [-0.2, -0.15) is 5.21 Å². The van der Waals surface area contributed by atoms with Gasteiger partial charge in [-0.25, -0.2) is 0 Å². The summed E-state index contributed by atoms with van der Waals surface area (Å²) in [5.41, 5.74) is 1.62. The summed E-state index contributed by atoms with van der Waals surface area (Å²) in [6, 6.07) is 7.23. The number of aldehydes is 1.